The van der Waals surface area contributed by atoms with Crippen LogP contribution in [0.5, 0.6) is 0 Å². The summed E-state index contributed by atoms with van der Waals surface area (Å²) in [6.45, 7) is 3.38. The Morgan fingerprint density at radius 3 is 1.83 bits per heavy atom. The molecule has 0 saturated heterocycles. The minimum Gasteiger partial charge on any atom is -0.478 e. The van der Waals surface area contributed by atoms with Crippen molar-refractivity contribution in [1.82, 2.24) is 4.90 Å². The second-order valence-electron chi connectivity index (χ2n) is 2.43. The molecule has 2 N–H and O–H groups in total. The molecule has 0 aromatic carbocycles. The zero-order valence-electron chi connectivity index (χ0n) is 7.98. The highest BCUT2D eigenvalue weighted by atomic mass is 16.4. The monoisotopic (exact) mass is 175 g/mol. The average molecular weight is 175 g/mol. The Bertz CT molecular complexity index is 135. The number of hydrogen-bond acceptors (Lipinski definition) is 3. The van der Waals surface area contributed by atoms with Gasteiger partial charge in [-0.05, 0) is 27.9 Å². The van der Waals surface area contributed by atoms with Crippen molar-refractivity contribution in [2.45, 2.75) is 20.1 Å². The summed E-state index contributed by atoms with van der Waals surface area (Å²) >= 11 is 0. The lowest BCUT2D eigenvalue weighted by Crippen LogP contribution is -2.23. The van der Waals surface area contributed by atoms with E-state index in [9.17, 15) is 4.79 Å². The third-order valence-electron chi connectivity index (χ3n) is 1.06. The van der Waals surface area contributed by atoms with Gasteiger partial charge in [-0.25, -0.2) is 4.79 Å². The molecule has 0 spiro atoms. The van der Waals surface area contributed by atoms with Crippen molar-refractivity contribution in [1.29, 1.82) is 0 Å². The summed E-state index contributed by atoms with van der Waals surface area (Å²) < 4.78 is 0. The number of nitrogens with zero attached hydrogens (tertiary/aromatic N) is 1. The van der Waals surface area contributed by atoms with Crippen LogP contribution < -0.4 is 0 Å². The predicted molar refractivity (Wildman–Crippen MR) is 47.8 cm³/mol. The number of carbonyl (C=O) groups is 1. The van der Waals surface area contributed by atoms with E-state index >= 15 is 0 Å². The number of rotatable bonds is 2. The zero-order valence-corrected chi connectivity index (χ0v) is 7.98. The third-order valence-corrected chi connectivity index (χ3v) is 1.06. The van der Waals surface area contributed by atoms with Crippen LogP contribution >= 0.6 is 0 Å². The number of carboxylic acid groups (broad SMARTS) is 1. The first-order valence-corrected chi connectivity index (χ1v) is 3.62. The van der Waals surface area contributed by atoms with Crippen LogP contribution in [0.3, 0.4) is 0 Å². The lowest BCUT2D eigenvalue weighted by molar-refractivity contribution is -0.131. The van der Waals surface area contributed by atoms with Crippen molar-refractivity contribution in [2.75, 3.05) is 14.1 Å². The number of allylic oxidation sites excluding steroid dienone is 1. The van der Waals surface area contributed by atoms with E-state index in [2.05, 4.69) is 0 Å². The summed E-state index contributed by atoms with van der Waals surface area (Å²) in [6, 6.07) is 0. The topological polar surface area (TPSA) is 60.8 Å². The van der Waals surface area contributed by atoms with Crippen molar-refractivity contribution in [3.05, 3.63) is 12.2 Å². The van der Waals surface area contributed by atoms with E-state index in [1.165, 1.54) is 6.08 Å². The molecule has 0 bridgehead atoms. The summed E-state index contributed by atoms with van der Waals surface area (Å²) in [6.07, 6.45) is 2.24. The van der Waals surface area contributed by atoms with Gasteiger partial charge in [-0.3, -0.25) is 4.90 Å². The van der Waals surface area contributed by atoms with Crippen molar-refractivity contribution in [3.8, 4) is 0 Å². The Kier molecular flexibility index (Phi) is 9.40. The van der Waals surface area contributed by atoms with E-state index in [-0.39, 0.29) is 6.23 Å². The van der Waals surface area contributed by atoms with Crippen LogP contribution in [0.1, 0.15) is 13.8 Å². The quantitative estimate of drug-likeness (QED) is 0.475. The number of aliphatic hydroxyl groups is 1. The Morgan fingerprint density at radius 1 is 1.50 bits per heavy atom. The standard InChI is InChI=1S/C4H11NO.C4H6O2/c1-4(6)5(2)3;1-2-3-4(5)6/h4,6H,1-3H3;2-3H,1H3,(H,5,6)/b;3-2+. The number of hydrogen-bond donors (Lipinski definition) is 2. The maximum absolute atomic E-state index is 9.51. The summed E-state index contributed by atoms with van der Waals surface area (Å²) in [5.74, 6) is -0.891. The second kappa shape index (κ2) is 8.23. The molecule has 0 rings (SSSR count). The van der Waals surface area contributed by atoms with Gasteiger partial charge in [0.05, 0.1) is 0 Å². The fraction of sp³-hybridized carbons (Fsp3) is 0.625. The molecule has 0 amide bonds. The van der Waals surface area contributed by atoms with Gasteiger partial charge in [-0.2, -0.15) is 0 Å². The SMILES string of the molecule is C/C=C/C(=O)O.CC(O)N(C)C. The highest BCUT2D eigenvalue weighted by Gasteiger charge is 1.92. The molecular formula is C8H17NO3. The van der Waals surface area contributed by atoms with Gasteiger partial charge >= 0.3 is 5.97 Å². The van der Waals surface area contributed by atoms with Crippen molar-refractivity contribution >= 4 is 5.97 Å². The average Bonchev–Trinajstić information content (AvgIpc) is 1.87. The number of carboxylic acids is 1. The van der Waals surface area contributed by atoms with Gasteiger partial charge in [0.15, 0.2) is 0 Å². The predicted octanol–water partition coefficient (Wildman–Crippen LogP) is 0.533. The second-order valence-corrected chi connectivity index (χ2v) is 2.43. The first-order valence-electron chi connectivity index (χ1n) is 3.62. The van der Waals surface area contributed by atoms with Gasteiger partial charge in [0, 0.05) is 6.08 Å². The smallest absolute Gasteiger partial charge is 0.327 e. The van der Waals surface area contributed by atoms with Crippen LogP contribution in [-0.2, 0) is 4.79 Å². The molecule has 4 heteroatoms. The lowest BCUT2D eigenvalue weighted by atomic mass is 10.5. The molecule has 72 valence electrons. The van der Waals surface area contributed by atoms with Crippen LogP contribution in [-0.4, -0.2) is 41.4 Å². The molecule has 0 aliphatic carbocycles. The highest BCUT2D eigenvalue weighted by molar-refractivity contribution is 5.79. The summed E-state index contributed by atoms with van der Waals surface area (Å²) in [7, 11) is 3.65. The molecule has 0 aromatic heterocycles. The van der Waals surface area contributed by atoms with Gasteiger partial charge < -0.3 is 10.2 Å². The molecule has 1 unspecified atom stereocenters. The largest absolute Gasteiger partial charge is 0.478 e. The van der Waals surface area contributed by atoms with Gasteiger partial charge in [0.1, 0.15) is 6.23 Å². The molecule has 12 heavy (non-hydrogen) atoms. The summed E-state index contributed by atoms with van der Waals surface area (Å²) in [5, 5.41) is 16.4. The van der Waals surface area contributed by atoms with E-state index in [1.54, 1.807) is 18.7 Å². The molecule has 0 aromatic rings. The third kappa shape index (κ3) is 16.1. The minimum atomic E-state index is -0.891. The van der Waals surface area contributed by atoms with Crippen LogP contribution in [0.15, 0.2) is 12.2 Å². The van der Waals surface area contributed by atoms with Gasteiger partial charge in [0.25, 0.3) is 0 Å². The van der Waals surface area contributed by atoms with E-state index < -0.39 is 5.97 Å². The minimum absolute atomic E-state index is 0.315. The normalized spacial score (nSPS) is 12.5. The van der Waals surface area contributed by atoms with Crippen LogP contribution in [0.25, 0.3) is 0 Å². The maximum atomic E-state index is 9.51. The Morgan fingerprint density at radius 2 is 1.83 bits per heavy atom. The van der Waals surface area contributed by atoms with Crippen molar-refractivity contribution in [3.63, 3.8) is 0 Å². The molecule has 0 saturated carbocycles. The maximum Gasteiger partial charge on any atom is 0.327 e. The van der Waals surface area contributed by atoms with E-state index in [0.29, 0.717) is 0 Å². The molecule has 1 atom stereocenters. The summed E-state index contributed by atoms with van der Waals surface area (Å²) in [4.78, 5) is 11.2. The molecule has 0 radical (unpaired) electrons. The van der Waals surface area contributed by atoms with Crippen molar-refractivity contribution in [2.24, 2.45) is 0 Å². The van der Waals surface area contributed by atoms with Gasteiger partial charge in [-0.1, -0.05) is 6.08 Å². The van der Waals surface area contributed by atoms with Crippen LogP contribution in [0.2, 0.25) is 0 Å². The molecule has 0 fully saturated rings. The summed E-state index contributed by atoms with van der Waals surface area (Å²) in [5.41, 5.74) is 0. The zero-order chi connectivity index (χ0) is 10.1. The molecule has 0 heterocycles. The lowest BCUT2D eigenvalue weighted by Gasteiger charge is -2.11. The fourth-order valence-electron chi connectivity index (χ4n) is 0.143. The van der Waals surface area contributed by atoms with E-state index in [4.69, 9.17) is 10.2 Å². The molecule has 0 aliphatic heterocycles. The molecule has 0 aliphatic rings. The van der Waals surface area contributed by atoms with Crippen molar-refractivity contribution < 1.29 is 15.0 Å². The highest BCUT2D eigenvalue weighted by Crippen LogP contribution is 1.79. The first-order chi connectivity index (χ1) is 5.41. The molecular weight excluding hydrogens is 158 g/mol. The van der Waals surface area contributed by atoms with E-state index in [1.807, 2.05) is 14.1 Å². The Labute approximate surface area is 73.1 Å². The van der Waals surface area contributed by atoms with Gasteiger partial charge in [-0.15, -0.1) is 0 Å². The Balaban J connectivity index is 0. The van der Waals surface area contributed by atoms with Gasteiger partial charge in [0.2, 0.25) is 0 Å². The first kappa shape index (κ1) is 13.7. The number of aliphatic hydroxyl groups excluding tert-OH is 1. The fourth-order valence-corrected chi connectivity index (χ4v) is 0.143. The Hall–Kier alpha value is -0.870. The molecule has 4 nitrogen and oxygen atoms in total. The van der Waals surface area contributed by atoms with E-state index in [0.717, 1.165) is 6.08 Å². The van der Waals surface area contributed by atoms with Crippen LogP contribution in [0.4, 0.5) is 0 Å². The number of aliphatic carboxylic acids is 1. The van der Waals surface area contributed by atoms with Crippen LogP contribution in [0, 0.1) is 0 Å².